The first kappa shape index (κ1) is 117. The van der Waals surface area contributed by atoms with Crippen molar-refractivity contribution in [3.63, 3.8) is 0 Å². The number of likely N-dealkylation sites (N-methyl/N-ethyl adjacent to an activating group) is 3. The SMILES string of the molecule is C.CNC(=O)/C=C(/C)I.CNC(=O)/C=C(/C)c1cc(/C(C)=C\C(=O)NC)c(Cl)c(OC)c1Cl.COc1c(Cl)c(C)cc(C)c1Cl.COc1c(Cl)c(C)cc(C)c1Cl.COc1c(Cl)c(I)cc(I)c1Cl.COc1c(Cl)c([Si](C)(C)C)cc([Si](C)(C)C)c1Cl.COc1c(Cl)cccc1Cl.COc1c2c(cc3c(C)cc(=O)n(C)c13)c(C)cc(=O)n2C.ClI. The molecule has 3 N–H and O–H groups in total. The van der Waals surface area contributed by atoms with E-state index in [1.54, 1.807) is 144 Å². The summed E-state index contributed by atoms with van der Waals surface area (Å²) in [5.41, 5.74) is 9.42. The second kappa shape index (κ2) is 55.2. The topological polar surface area (TPSA) is 196 Å². The van der Waals surface area contributed by atoms with Gasteiger partial charge in [-0.1, -0.05) is 210 Å². The van der Waals surface area contributed by atoms with Crippen molar-refractivity contribution >= 4 is 315 Å². The van der Waals surface area contributed by atoms with Crippen LogP contribution in [0, 0.1) is 48.7 Å². The number of para-hydroxylation sites is 1. The van der Waals surface area contributed by atoms with Crippen molar-refractivity contribution in [2.45, 2.75) is 109 Å². The molecular weight excluding hydrogens is 2310 g/mol. The number of methoxy groups -OCH3 is 7. The number of pyridine rings is 2. The fraction of sp³-hybridized carbons (Fsp3) is 0.329. The van der Waals surface area contributed by atoms with Crippen molar-refractivity contribution in [3.8, 4) is 40.2 Å². The zero-order chi connectivity index (χ0) is 93.0. The Morgan fingerprint density at radius 1 is 0.380 bits per heavy atom. The molecule has 3 amide bonds. The highest BCUT2D eigenvalue weighted by molar-refractivity contribution is 14.1. The van der Waals surface area contributed by atoms with Gasteiger partial charge >= 0.3 is 0 Å². The van der Waals surface area contributed by atoms with Crippen LogP contribution in [0.2, 0.25) is 99.6 Å². The van der Waals surface area contributed by atoms with Crippen molar-refractivity contribution in [1.82, 2.24) is 25.1 Å². The molecule has 0 aliphatic rings. The second-order valence-corrected chi connectivity index (χ2v) is 46.4. The van der Waals surface area contributed by atoms with Gasteiger partial charge in [-0.3, -0.25) is 24.0 Å². The standard InChI is InChI=1S/C17H20Cl2N2O3.C17H18N2O3.C13H22Cl2OSi2.2C9H10Cl2O.C7H4Cl2I2O.C7H6Cl2O.C5H8INO.CH4.ClI/c1-9(6-13(22)20-3)11-8-12(10(2)7-14(23)21-4)16(19)17(24-5)15(11)18;1-9-6-13(20)18(3)15-11(9)8-12-10(2)7-14(21)19(4)16(12)17(15)22-5;1-16-13-11(14)9(17(2,3)4)8-10(12(13)15)18(5,6)7;2*1-5-4-6(2)8(11)9(12-3)7(5)10;1-12-7-5(8)3(10)2-4(11)6(7)9;1-10-7-5(8)3-2-4-6(7)9;1-4(6)3-5(8)7-2;;1-2/h6-8H,1-5H3,(H,20,22)(H,21,23);6-8H,1-5H3;8H,1-7H3;2*4H,1-3H3;2H,1H3;2-4H,1H3;3H,1-2H3,(H,7,8);1H4;/b9-6-,10-7-;;;;;;;4-3-;;. The fourth-order valence-electron chi connectivity index (χ4n) is 10.8. The minimum absolute atomic E-state index is 0. The van der Waals surface area contributed by atoms with E-state index in [9.17, 15) is 24.0 Å². The maximum Gasteiger partial charge on any atom is 0.251 e. The van der Waals surface area contributed by atoms with Gasteiger partial charge < -0.3 is 58.2 Å². The molecule has 17 nitrogen and oxygen atoms in total. The molecule has 0 aliphatic carbocycles. The Morgan fingerprint density at radius 2 is 0.653 bits per heavy atom. The highest BCUT2D eigenvalue weighted by Gasteiger charge is 2.31. The third-order valence-corrected chi connectivity index (χ3v) is 28.8. The molecule has 0 fully saturated rings. The summed E-state index contributed by atoms with van der Waals surface area (Å²) in [6.45, 7) is 30.6. The summed E-state index contributed by atoms with van der Waals surface area (Å²) in [6, 6.07) is 20.2. The van der Waals surface area contributed by atoms with Crippen molar-refractivity contribution in [1.29, 1.82) is 0 Å². The normalized spacial score (nSPS) is 10.9. The summed E-state index contributed by atoms with van der Waals surface area (Å²) in [7, 11) is 20.6. The molecule has 2 aromatic heterocycles. The lowest BCUT2D eigenvalue weighted by Crippen LogP contribution is -2.46. The number of amides is 3. The second-order valence-electron chi connectivity index (χ2n) is 27.7. The number of halogens is 17. The van der Waals surface area contributed by atoms with Gasteiger partial charge in [0.1, 0.15) is 0 Å². The summed E-state index contributed by atoms with van der Waals surface area (Å²) in [5, 5.41) is 18.5. The highest BCUT2D eigenvalue weighted by Crippen LogP contribution is 2.45. The van der Waals surface area contributed by atoms with Gasteiger partial charge in [0, 0.05) is 116 Å². The summed E-state index contributed by atoms with van der Waals surface area (Å²) in [4.78, 5) is 57.8. The van der Waals surface area contributed by atoms with Crippen LogP contribution >= 0.6 is 237 Å². The molecule has 36 heteroatoms. The van der Waals surface area contributed by atoms with E-state index in [1.165, 1.54) is 50.8 Å². The number of hydrogen-bond donors (Lipinski definition) is 3. The summed E-state index contributed by atoms with van der Waals surface area (Å²) >= 11 is 80.8. The summed E-state index contributed by atoms with van der Waals surface area (Å²) in [5.74, 6) is 3.16. The number of aromatic nitrogens is 2. The zero-order valence-corrected chi connectivity index (χ0v) is 91.8. The van der Waals surface area contributed by atoms with Gasteiger partial charge in [-0.2, -0.15) is 0 Å². The number of benzene rings is 7. The Hall–Kier alpha value is -3.69. The molecule has 0 radical (unpaired) electrons. The van der Waals surface area contributed by atoms with Crippen LogP contribution in [0.25, 0.3) is 33.0 Å². The number of nitrogens with one attached hydrogen (secondary N) is 3. The molecule has 0 saturated carbocycles. The summed E-state index contributed by atoms with van der Waals surface area (Å²) in [6.07, 6.45) is 4.40. The maximum absolute atomic E-state index is 12.1. The van der Waals surface area contributed by atoms with E-state index in [0.29, 0.717) is 134 Å². The molecule has 9 rings (SSSR count). The van der Waals surface area contributed by atoms with Gasteiger partial charge in [0.15, 0.2) is 40.2 Å². The number of fused-ring (bicyclic) bond motifs is 2. The number of aryl methyl sites for hydroxylation is 8. The van der Waals surface area contributed by atoms with E-state index in [1.807, 2.05) is 72.7 Å². The average Bonchev–Trinajstić information content (AvgIpc) is 0.735. The van der Waals surface area contributed by atoms with Crippen molar-refractivity contribution < 1.29 is 47.5 Å². The van der Waals surface area contributed by atoms with Crippen molar-refractivity contribution in [2.75, 3.05) is 70.9 Å². The number of carbonyl (C=O) groups excluding carboxylic acids is 3. The monoisotopic (exact) mass is 2400 g/mol. The maximum atomic E-state index is 12.1. The van der Waals surface area contributed by atoms with Gasteiger partial charge in [-0.15, -0.1) is 0 Å². The third kappa shape index (κ3) is 33.1. The van der Waals surface area contributed by atoms with E-state index >= 15 is 0 Å². The van der Waals surface area contributed by atoms with E-state index in [0.717, 1.165) is 54.9 Å². The molecular formula is C85H102Cl13I4N5O12Si2. The van der Waals surface area contributed by atoms with E-state index in [2.05, 4.69) is 138 Å². The fourth-order valence-corrected chi connectivity index (χ4v) is 20.7. The van der Waals surface area contributed by atoms with E-state index in [4.69, 9.17) is 172 Å². The highest BCUT2D eigenvalue weighted by atomic mass is 127. The van der Waals surface area contributed by atoms with Crippen LogP contribution < -0.4 is 70.6 Å². The number of allylic oxidation sites excluding steroid dienone is 3. The Bertz CT molecular complexity index is 4960. The number of nitrogens with zero attached hydrogens (tertiary/aromatic N) is 2. The average molecular weight is 2410 g/mol. The van der Waals surface area contributed by atoms with Crippen LogP contribution in [0.5, 0.6) is 40.2 Å². The number of rotatable bonds is 14. The van der Waals surface area contributed by atoms with Crippen LogP contribution in [-0.4, -0.2) is 114 Å². The molecule has 0 atom stereocenters. The van der Waals surface area contributed by atoms with Gasteiger partial charge in [-0.05, 0) is 228 Å². The van der Waals surface area contributed by atoms with E-state index in [-0.39, 0.29) is 36.3 Å². The summed E-state index contributed by atoms with van der Waals surface area (Å²) < 4.78 is 42.5. The molecule has 666 valence electrons. The molecule has 121 heavy (non-hydrogen) atoms. The minimum atomic E-state index is -1.51. The van der Waals surface area contributed by atoms with Crippen LogP contribution in [0.15, 0.2) is 98.1 Å². The lowest BCUT2D eigenvalue weighted by molar-refractivity contribution is -0.116. The van der Waals surface area contributed by atoms with Crippen LogP contribution in [0.1, 0.15) is 72.7 Å². The molecule has 0 bridgehead atoms. The Kier molecular flexibility index (Phi) is 53.6. The Labute approximate surface area is 832 Å². The molecule has 0 aliphatic heterocycles. The molecule has 2 heterocycles. The largest absolute Gasteiger partial charge is 0.494 e. The lowest BCUT2D eigenvalue weighted by Gasteiger charge is -2.26. The predicted octanol–water partition coefficient (Wildman–Crippen LogP) is 27.1. The Morgan fingerprint density at radius 3 is 0.909 bits per heavy atom. The Balaban J connectivity index is 0.00000139. The van der Waals surface area contributed by atoms with Gasteiger partial charge in [0.05, 0.1) is 137 Å². The molecule has 0 unspecified atom stereocenters. The van der Waals surface area contributed by atoms with Crippen molar-refractivity contribution in [3.05, 3.63) is 221 Å². The number of ether oxygens (including phenoxy) is 7. The van der Waals surface area contributed by atoms with Crippen LogP contribution in [0.4, 0.5) is 0 Å². The van der Waals surface area contributed by atoms with E-state index < -0.39 is 16.1 Å². The third-order valence-electron chi connectivity index (χ3n) is 17.1. The van der Waals surface area contributed by atoms with Crippen LogP contribution in [-0.2, 0) is 28.5 Å². The van der Waals surface area contributed by atoms with Crippen molar-refractivity contribution in [2.24, 2.45) is 14.1 Å². The van der Waals surface area contributed by atoms with Crippen LogP contribution in [0.3, 0.4) is 0 Å². The number of hydrogen-bond acceptors (Lipinski definition) is 12. The van der Waals surface area contributed by atoms with Gasteiger partial charge in [0.25, 0.3) is 11.1 Å². The molecule has 0 saturated heterocycles. The van der Waals surface area contributed by atoms with Gasteiger partial charge in [0.2, 0.25) is 17.7 Å². The molecule has 9 aromatic rings. The van der Waals surface area contributed by atoms with Gasteiger partial charge in [-0.25, -0.2) is 0 Å². The smallest absolute Gasteiger partial charge is 0.251 e. The first-order valence-electron chi connectivity index (χ1n) is 35.4. The predicted molar refractivity (Wildman–Crippen MR) is 560 cm³/mol. The zero-order valence-electron chi connectivity index (χ0n) is 71.3. The first-order chi connectivity index (χ1) is 55.8. The minimum Gasteiger partial charge on any atom is -0.494 e. The molecule has 7 aromatic carbocycles. The lowest BCUT2D eigenvalue weighted by atomic mass is 9.98. The molecule has 0 spiro atoms. The number of carbonyl (C=O) groups is 3. The quantitative estimate of drug-likeness (QED) is 0.0307. The first-order valence-corrected chi connectivity index (χ1v) is 52.9.